The van der Waals surface area contributed by atoms with Crippen molar-refractivity contribution in [3.8, 4) is 0 Å². The van der Waals surface area contributed by atoms with E-state index in [0.29, 0.717) is 19.0 Å². The largest absolute Gasteiger partial charge is 0.379 e. The monoisotopic (exact) mass is 480 g/mol. The summed E-state index contributed by atoms with van der Waals surface area (Å²) >= 11 is 0. The molecule has 0 aliphatic rings. The van der Waals surface area contributed by atoms with Gasteiger partial charge in [0.15, 0.2) is 11.7 Å². The van der Waals surface area contributed by atoms with E-state index in [1.807, 2.05) is 6.07 Å². The molecule has 7 heteroatoms. The van der Waals surface area contributed by atoms with Crippen LogP contribution >= 0.6 is 24.0 Å². The summed E-state index contributed by atoms with van der Waals surface area (Å²) in [5, 5.41) is 10.8. The summed E-state index contributed by atoms with van der Waals surface area (Å²) in [5.41, 5.74) is 1.09. The minimum atomic E-state index is 0. The molecule has 1 aromatic rings. The van der Waals surface area contributed by atoms with Crippen LogP contribution in [0, 0.1) is 5.41 Å². The molecule has 2 N–H and O–H groups in total. The van der Waals surface area contributed by atoms with Gasteiger partial charge in [0.05, 0.1) is 11.8 Å². The second-order valence-corrected chi connectivity index (χ2v) is 7.40. The summed E-state index contributed by atoms with van der Waals surface area (Å²) in [6.45, 7) is 14.9. The van der Waals surface area contributed by atoms with Crippen molar-refractivity contribution in [1.82, 2.24) is 15.8 Å². The van der Waals surface area contributed by atoms with E-state index in [1.165, 1.54) is 0 Å². The van der Waals surface area contributed by atoms with Gasteiger partial charge in [0, 0.05) is 32.2 Å². The third-order valence-electron chi connectivity index (χ3n) is 4.42. The Balaban J connectivity index is 0.00000625. The van der Waals surface area contributed by atoms with Crippen LogP contribution in [0.3, 0.4) is 0 Å². The zero-order chi connectivity index (χ0) is 18.9. The van der Waals surface area contributed by atoms with Crippen LogP contribution in [0.25, 0.3) is 0 Å². The molecule has 0 saturated carbocycles. The van der Waals surface area contributed by atoms with Gasteiger partial charge in [-0.05, 0) is 25.2 Å². The van der Waals surface area contributed by atoms with Crippen molar-refractivity contribution >= 4 is 29.9 Å². The SMILES string of the molecule is CCNC(=NCc1cc(C(CC)CC)no1)NCC(OC)C(C)(C)C.I. The Morgan fingerprint density at radius 3 is 2.38 bits per heavy atom. The Labute approximate surface area is 175 Å². The lowest BCUT2D eigenvalue weighted by Gasteiger charge is -2.30. The molecule has 0 radical (unpaired) electrons. The van der Waals surface area contributed by atoms with E-state index < -0.39 is 0 Å². The van der Waals surface area contributed by atoms with E-state index in [0.717, 1.165) is 36.8 Å². The maximum absolute atomic E-state index is 5.59. The first-order valence-corrected chi connectivity index (χ1v) is 9.36. The molecule has 1 unspecified atom stereocenters. The lowest BCUT2D eigenvalue weighted by atomic mass is 9.89. The lowest BCUT2D eigenvalue weighted by molar-refractivity contribution is 0.0205. The van der Waals surface area contributed by atoms with Crippen LogP contribution in [0.15, 0.2) is 15.6 Å². The van der Waals surface area contributed by atoms with Gasteiger partial charge < -0.3 is 19.9 Å². The average Bonchev–Trinajstić information content (AvgIpc) is 3.01. The van der Waals surface area contributed by atoms with Crippen LogP contribution in [0.1, 0.15) is 71.8 Å². The Bertz CT molecular complexity index is 522. The highest BCUT2D eigenvalue weighted by Gasteiger charge is 2.24. The number of hydrogen-bond acceptors (Lipinski definition) is 4. The molecule has 0 aliphatic heterocycles. The molecule has 0 spiro atoms. The molecule has 0 aliphatic carbocycles. The van der Waals surface area contributed by atoms with Gasteiger partial charge in [0.2, 0.25) is 0 Å². The molecule has 26 heavy (non-hydrogen) atoms. The van der Waals surface area contributed by atoms with Crippen molar-refractivity contribution < 1.29 is 9.26 Å². The first-order valence-electron chi connectivity index (χ1n) is 9.36. The highest BCUT2D eigenvalue weighted by molar-refractivity contribution is 14.0. The predicted octanol–water partition coefficient (Wildman–Crippen LogP) is 4.31. The van der Waals surface area contributed by atoms with Crippen molar-refractivity contribution in [2.24, 2.45) is 10.4 Å². The van der Waals surface area contributed by atoms with Crippen LogP contribution in [-0.2, 0) is 11.3 Å². The van der Waals surface area contributed by atoms with Gasteiger partial charge in [0.1, 0.15) is 6.54 Å². The number of ether oxygens (including phenoxy) is 1. The minimum absolute atomic E-state index is 0. The fourth-order valence-electron chi connectivity index (χ4n) is 2.73. The van der Waals surface area contributed by atoms with E-state index in [2.05, 4.69) is 62.3 Å². The van der Waals surface area contributed by atoms with Gasteiger partial charge in [-0.2, -0.15) is 0 Å². The molecule has 6 nitrogen and oxygen atoms in total. The summed E-state index contributed by atoms with van der Waals surface area (Å²) in [4.78, 5) is 4.60. The number of rotatable bonds is 9. The van der Waals surface area contributed by atoms with Crippen molar-refractivity contribution in [3.05, 3.63) is 17.5 Å². The molecule has 152 valence electrons. The van der Waals surface area contributed by atoms with E-state index in [4.69, 9.17) is 9.26 Å². The first kappa shape index (κ1) is 25.2. The second kappa shape index (κ2) is 12.5. The fourth-order valence-corrected chi connectivity index (χ4v) is 2.73. The summed E-state index contributed by atoms with van der Waals surface area (Å²) in [6, 6.07) is 2.03. The van der Waals surface area contributed by atoms with Gasteiger partial charge in [-0.25, -0.2) is 4.99 Å². The van der Waals surface area contributed by atoms with Gasteiger partial charge >= 0.3 is 0 Å². The summed E-state index contributed by atoms with van der Waals surface area (Å²) < 4.78 is 11.0. The Morgan fingerprint density at radius 2 is 1.88 bits per heavy atom. The number of halogens is 1. The lowest BCUT2D eigenvalue weighted by Crippen LogP contribution is -2.45. The molecule has 1 rings (SSSR count). The maximum atomic E-state index is 5.59. The van der Waals surface area contributed by atoms with Gasteiger partial charge in [-0.15, -0.1) is 24.0 Å². The van der Waals surface area contributed by atoms with Gasteiger partial charge in [-0.1, -0.05) is 39.8 Å². The topological polar surface area (TPSA) is 71.7 Å². The van der Waals surface area contributed by atoms with E-state index in [9.17, 15) is 0 Å². The Kier molecular flexibility index (Phi) is 12.1. The normalized spacial score (nSPS) is 13.5. The number of guanidine groups is 1. The zero-order valence-corrected chi connectivity index (χ0v) is 19.7. The number of methoxy groups -OCH3 is 1. The first-order chi connectivity index (χ1) is 11.8. The smallest absolute Gasteiger partial charge is 0.191 e. The molecule has 0 bridgehead atoms. The second-order valence-electron chi connectivity index (χ2n) is 7.40. The number of nitrogens with zero attached hydrogens (tertiary/aromatic N) is 2. The fraction of sp³-hybridized carbons (Fsp3) is 0.789. The summed E-state index contributed by atoms with van der Waals surface area (Å²) in [7, 11) is 1.75. The van der Waals surface area contributed by atoms with E-state index >= 15 is 0 Å². The number of aliphatic imine (C=N–C) groups is 1. The standard InChI is InChI=1S/C19H36N4O2.HI/c1-8-14(9-2)16-11-15(25-23-16)12-21-18(20-10-3)22-13-17(24-7)19(4,5)6;/h11,14,17H,8-10,12-13H2,1-7H3,(H2,20,21,22);1H. The molecule has 1 heterocycles. The van der Waals surface area contributed by atoms with Crippen LogP contribution in [0.2, 0.25) is 0 Å². The highest BCUT2D eigenvalue weighted by atomic mass is 127. The molecule has 1 atom stereocenters. The van der Waals surface area contributed by atoms with Crippen molar-refractivity contribution in [3.63, 3.8) is 0 Å². The predicted molar refractivity (Wildman–Crippen MR) is 118 cm³/mol. The molecule has 1 aromatic heterocycles. The number of nitrogens with one attached hydrogen (secondary N) is 2. The van der Waals surface area contributed by atoms with Crippen molar-refractivity contribution in [2.75, 3.05) is 20.2 Å². The number of aromatic nitrogens is 1. The molecular weight excluding hydrogens is 443 g/mol. The van der Waals surface area contributed by atoms with Crippen LogP contribution < -0.4 is 10.6 Å². The van der Waals surface area contributed by atoms with Crippen molar-refractivity contribution in [1.29, 1.82) is 0 Å². The third-order valence-corrected chi connectivity index (χ3v) is 4.42. The zero-order valence-electron chi connectivity index (χ0n) is 17.4. The van der Waals surface area contributed by atoms with Crippen molar-refractivity contribution in [2.45, 2.75) is 73.0 Å². The minimum Gasteiger partial charge on any atom is -0.379 e. The van der Waals surface area contributed by atoms with Crippen LogP contribution in [0.5, 0.6) is 0 Å². The van der Waals surface area contributed by atoms with Gasteiger partial charge in [0.25, 0.3) is 0 Å². The highest BCUT2D eigenvalue weighted by Crippen LogP contribution is 2.23. The van der Waals surface area contributed by atoms with E-state index in [-0.39, 0.29) is 35.5 Å². The molecule has 0 amide bonds. The molecule has 0 fully saturated rings. The quantitative estimate of drug-likeness (QED) is 0.313. The van der Waals surface area contributed by atoms with E-state index in [1.54, 1.807) is 7.11 Å². The maximum Gasteiger partial charge on any atom is 0.191 e. The van der Waals surface area contributed by atoms with Gasteiger partial charge in [-0.3, -0.25) is 0 Å². The third kappa shape index (κ3) is 8.24. The summed E-state index contributed by atoms with van der Waals surface area (Å²) in [5.74, 6) is 2.01. The number of hydrogen-bond donors (Lipinski definition) is 2. The Hall–Kier alpha value is -0.830. The molecule has 0 aromatic carbocycles. The summed E-state index contributed by atoms with van der Waals surface area (Å²) in [6.07, 6.45) is 2.24. The Morgan fingerprint density at radius 1 is 1.23 bits per heavy atom. The van der Waals surface area contributed by atoms with Crippen LogP contribution in [0.4, 0.5) is 0 Å². The molecule has 0 saturated heterocycles. The molecular formula is C19H37IN4O2. The average molecular weight is 480 g/mol. The van der Waals surface area contributed by atoms with Crippen LogP contribution in [-0.4, -0.2) is 37.4 Å².